The Balaban J connectivity index is 1.60. The number of ether oxygens (including phenoxy) is 1. The third-order valence-corrected chi connectivity index (χ3v) is 5.40. The standard InChI is InChI=1S/C21H30N4O3/c1-3-22-21(24-13-10-17(11-14-24)20(27)28-2)23-15-16-6-8-18(9-7-16)25-12-4-5-19(25)26/h6-9,17H,3-5,10-15H2,1-2H3,(H,22,23). The summed E-state index contributed by atoms with van der Waals surface area (Å²) in [4.78, 5) is 32.4. The summed E-state index contributed by atoms with van der Waals surface area (Å²) in [5.74, 6) is 0.961. The Hall–Kier alpha value is -2.57. The van der Waals surface area contributed by atoms with Crippen LogP contribution in [0.15, 0.2) is 29.3 Å². The number of nitrogens with zero attached hydrogens (tertiary/aromatic N) is 3. The third-order valence-electron chi connectivity index (χ3n) is 5.40. The van der Waals surface area contributed by atoms with Gasteiger partial charge in [0.1, 0.15) is 0 Å². The van der Waals surface area contributed by atoms with Crippen LogP contribution in [0.5, 0.6) is 0 Å². The van der Waals surface area contributed by atoms with Crippen LogP contribution in [-0.4, -0.2) is 56.0 Å². The van der Waals surface area contributed by atoms with Gasteiger partial charge in [0.15, 0.2) is 5.96 Å². The second-order valence-electron chi connectivity index (χ2n) is 7.27. The molecule has 1 aromatic carbocycles. The lowest BCUT2D eigenvalue weighted by Crippen LogP contribution is -2.46. The number of hydrogen-bond donors (Lipinski definition) is 1. The number of rotatable bonds is 5. The van der Waals surface area contributed by atoms with E-state index >= 15 is 0 Å². The fourth-order valence-electron chi connectivity index (χ4n) is 3.79. The van der Waals surface area contributed by atoms with E-state index in [0.29, 0.717) is 13.0 Å². The molecule has 7 heteroatoms. The molecule has 2 aliphatic heterocycles. The van der Waals surface area contributed by atoms with E-state index in [9.17, 15) is 9.59 Å². The topological polar surface area (TPSA) is 74.2 Å². The zero-order valence-electron chi connectivity index (χ0n) is 16.8. The third kappa shape index (κ3) is 4.82. The van der Waals surface area contributed by atoms with E-state index in [4.69, 9.17) is 9.73 Å². The Bertz CT molecular complexity index is 709. The fourth-order valence-corrected chi connectivity index (χ4v) is 3.79. The number of hydrogen-bond acceptors (Lipinski definition) is 4. The number of benzene rings is 1. The molecule has 0 atom stereocenters. The molecule has 1 aromatic rings. The van der Waals surface area contributed by atoms with Crippen LogP contribution >= 0.6 is 0 Å². The van der Waals surface area contributed by atoms with Crippen molar-refractivity contribution in [1.29, 1.82) is 0 Å². The summed E-state index contributed by atoms with van der Waals surface area (Å²) in [5, 5.41) is 3.35. The molecule has 28 heavy (non-hydrogen) atoms. The Morgan fingerprint density at radius 2 is 1.93 bits per heavy atom. The van der Waals surface area contributed by atoms with Crippen LogP contribution in [0.25, 0.3) is 0 Å². The van der Waals surface area contributed by atoms with E-state index in [1.165, 1.54) is 7.11 Å². The van der Waals surface area contributed by atoms with Crippen molar-refractivity contribution in [2.45, 2.75) is 39.2 Å². The molecule has 2 saturated heterocycles. The Kier molecular flexibility index (Phi) is 6.90. The van der Waals surface area contributed by atoms with Crippen molar-refractivity contribution in [2.75, 3.05) is 38.2 Å². The number of methoxy groups -OCH3 is 1. The van der Waals surface area contributed by atoms with Crippen LogP contribution in [0.1, 0.15) is 38.2 Å². The van der Waals surface area contributed by atoms with E-state index in [0.717, 1.165) is 62.7 Å². The molecular formula is C21H30N4O3. The van der Waals surface area contributed by atoms with Gasteiger partial charge >= 0.3 is 5.97 Å². The van der Waals surface area contributed by atoms with Gasteiger partial charge in [-0.1, -0.05) is 12.1 Å². The molecule has 0 aliphatic carbocycles. The van der Waals surface area contributed by atoms with E-state index in [1.807, 2.05) is 29.2 Å². The summed E-state index contributed by atoms with van der Waals surface area (Å²) in [6, 6.07) is 8.08. The maximum atomic E-state index is 11.9. The van der Waals surface area contributed by atoms with Crippen LogP contribution in [0, 0.1) is 5.92 Å². The highest BCUT2D eigenvalue weighted by molar-refractivity contribution is 5.95. The van der Waals surface area contributed by atoms with Crippen molar-refractivity contribution in [2.24, 2.45) is 10.9 Å². The molecule has 2 aliphatic rings. The summed E-state index contributed by atoms with van der Waals surface area (Å²) in [6.07, 6.45) is 3.15. The van der Waals surface area contributed by atoms with Gasteiger partial charge in [-0.05, 0) is 43.9 Å². The minimum atomic E-state index is -0.113. The first kappa shape index (κ1) is 20.2. The summed E-state index contributed by atoms with van der Waals surface area (Å²) < 4.78 is 4.86. The quantitative estimate of drug-likeness (QED) is 0.477. The molecule has 0 radical (unpaired) electrons. The van der Waals surface area contributed by atoms with Crippen molar-refractivity contribution < 1.29 is 14.3 Å². The van der Waals surface area contributed by atoms with Gasteiger partial charge < -0.3 is 19.9 Å². The zero-order chi connectivity index (χ0) is 19.9. The van der Waals surface area contributed by atoms with Crippen molar-refractivity contribution in [1.82, 2.24) is 10.2 Å². The average molecular weight is 386 g/mol. The molecule has 1 N–H and O–H groups in total. The van der Waals surface area contributed by atoms with Gasteiger partial charge in [-0.3, -0.25) is 9.59 Å². The SMILES string of the molecule is CCNC(=NCc1ccc(N2CCCC2=O)cc1)N1CCC(C(=O)OC)CC1. The lowest BCUT2D eigenvalue weighted by molar-refractivity contribution is -0.146. The molecule has 0 spiro atoms. The van der Waals surface area contributed by atoms with Crippen molar-refractivity contribution in [3.8, 4) is 0 Å². The molecule has 1 amide bonds. The molecular weight excluding hydrogens is 356 g/mol. The van der Waals surface area contributed by atoms with E-state index in [2.05, 4.69) is 17.1 Å². The summed E-state index contributed by atoms with van der Waals surface area (Å²) in [5.41, 5.74) is 2.07. The highest BCUT2D eigenvalue weighted by atomic mass is 16.5. The number of amides is 1. The van der Waals surface area contributed by atoms with Crippen molar-refractivity contribution >= 4 is 23.5 Å². The maximum Gasteiger partial charge on any atom is 0.308 e. The predicted octanol–water partition coefficient (Wildman–Crippen LogP) is 2.16. The lowest BCUT2D eigenvalue weighted by atomic mass is 9.97. The minimum absolute atomic E-state index is 0.00929. The molecule has 7 nitrogen and oxygen atoms in total. The number of anilines is 1. The monoisotopic (exact) mass is 386 g/mol. The van der Waals surface area contributed by atoms with Crippen molar-refractivity contribution in [3.05, 3.63) is 29.8 Å². The first-order valence-electron chi connectivity index (χ1n) is 10.1. The molecule has 152 valence electrons. The highest BCUT2D eigenvalue weighted by Gasteiger charge is 2.27. The first-order valence-corrected chi connectivity index (χ1v) is 10.1. The van der Waals surface area contributed by atoms with Gasteiger partial charge in [-0.15, -0.1) is 0 Å². The number of carbonyl (C=O) groups is 2. The summed E-state index contributed by atoms with van der Waals surface area (Å²) in [6.45, 7) is 5.82. The molecule has 0 bridgehead atoms. The Morgan fingerprint density at radius 3 is 2.50 bits per heavy atom. The summed E-state index contributed by atoms with van der Waals surface area (Å²) in [7, 11) is 1.45. The van der Waals surface area contributed by atoms with Crippen LogP contribution in [0.4, 0.5) is 5.69 Å². The zero-order valence-corrected chi connectivity index (χ0v) is 16.8. The second-order valence-corrected chi connectivity index (χ2v) is 7.27. The lowest BCUT2D eigenvalue weighted by Gasteiger charge is -2.33. The number of piperidine rings is 1. The smallest absolute Gasteiger partial charge is 0.308 e. The molecule has 2 heterocycles. The number of esters is 1. The highest BCUT2D eigenvalue weighted by Crippen LogP contribution is 2.22. The van der Waals surface area contributed by atoms with Crippen molar-refractivity contribution in [3.63, 3.8) is 0 Å². The number of nitrogens with one attached hydrogen (secondary N) is 1. The van der Waals surface area contributed by atoms with Gasteiger partial charge in [0.25, 0.3) is 0 Å². The molecule has 2 fully saturated rings. The van der Waals surface area contributed by atoms with Crippen LogP contribution in [-0.2, 0) is 20.9 Å². The molecule has 0 unspecified atom stereocenters. The number of likely N-dealkylation sites (tertiary alicyclic amines) is 1. The molecule has 0 aromatic heterocycles. The van der Waals surface area contributed by atoms with E-state index < -0.39 is 0 Å². The van der Waals surface area contributed by atoms with Crippen LogP contribution in [0.2, 0.25) is 0 Å². The van der Waals surface area contributed by atoms with Gasteiger partial charge in [0, 0.05) is 38.3 Å². The van der Waals surface area contributed by atoms with Crippen LogP contribution < -0.4 is 10.2 Å². The minimum Gasteiger partial charge on any atom is -0.469 e. The number of aliphatic imine (C=N–C) groups is 1. The van der Waals surface area contributed by atoms with Gasteiger partial charge in [-0.25, -0.2) is 4.99 Å². The van der Waals surface area contributed by atoms with Gasteiger partial charge in [0.2, 0.25) is 5.91 Å². The van der Waals surface area contributed by atoms with Crippen LogP contribution in [0.3, 0.4) is 0 Å². The normalized spacial score (nSPS) is 18.5. The predicted molar refractivity (Wildman–Crippen MR) is 109 cm³/mol. The fraction of sp³-hybridized carbons (Fsp3) is 0.571. The van der Waals surface area contributed by atoms with Gasteiger partial charge in [0.05, 0.1) is 19.6 Å². The van der Waals surface area contributed by atoms with E-state index in [1.54, 1.807) is 0 Å². The summed E-state index contributed by atoms with van der Waals surface area (Å²) >= 11 is 0. The molecule has 0 saturated carbocycles. The largest absolute Gasteiger partial charge is 0.469 e. The van der Waals surface area contributed by atoms with E-state index in [-0.39, 0.29) is 17.8 Å². The first-order chi connectivity index (χ1) is 13.6. The van der Waals surface area contributed by atoms with Gasteiger partial charge in [-0.2, -0.15) is 0 Å². The number of guanidine groups is 1. The Morgan fingerprint density at radius 1 is 1.21 bits per heavy atom. The maximum absolute atomic E-state index is 11.9. The Labute approximate surface area is 166 Å². The number of carbonyl (C=O) groups excluding carboxylic acids is 2. The molecule has 3 rings (SSSR count). The second kappa shape index (κ2) is 9.57. The average Bonchev–Trinajstić information content (AvgIpc) is 3.17.